The summed E-state index contributed by atoms with van der Waals surface area (Å²) in [6, 6.07) is 10.1. The summed E-state index contributed by atoms with van der Waals surface area (Å²) < 4.78 is 0. The quantitative estimate of drug-likeness (QED) is 0.605. The molecule has 0 aliphatic heterocycles. The normalized spacial score (nSPS) is 10.1. The zero-order chi connectivity index (χ0) is 11.6. The van der Waals surface area contributed by atoms with Crippen molar-refractivity contribution in [2.24, 2.45) is 0 Å². The topological polar surface area (TPSA) is 29.1 Å². The lowest BCUT2D eigenvalue weighted by molar-refractivity contribution is -0.121. The second-order valence-corrected chi connectivity index (χ2v) is 4.52. The number of amides is 1. The number of nitrogens with one attached hydrogen (secondary N) is 1. The first kappa shape index (κ1) is 13.2. The summed E-state index contributed by atoms with van der Waals surface area (Å²) in [7, 11) is 0. The fraction of sp³-hybridized carbons (Fsp3) is 0.462. The van der Waals surface area contributed by atoms with Crippen molar-refractivity contribution in [1.82, 2.24) is 5.32 Å². The van der Waals surface area contributed by atoms with Crippen molar-refractivity contribution in [3.05, 3.63) is 35.9 Å². The van der Waals surface area contributed by atoms with Crippen LogP contribution in [0.15, 0.2) is 30.3 Å². The minimum atomic E-state index is 0.151. The number of halogens is 1. The summed E-state index contributed by atoms with van der Waals surface area (Å²) in [5, 5.41) is 3.93. The number of carbonyl (C=O) groups excluding carboxylic acids is 1. The van der Waals surface area contributed by atoms with E-state index in [0.29, 0.717) is 6.42 Å². The SMILES string of the molecule is O=C(CCc1ccccc1)NCCCCBr. The molecule has 0 unspecified atom stereocenters. The molecule has 0 heterocycles. The molecule has 1 aromatic carbocycles. The van der Waals surface area contributed by atoms with Gasteiger partial charge in [-0.1, -0.05) is 46.3 Å². The van der Waals surface area contributed by atoms with Gasteiger partial charge in [0.1, 0.15) is 0 Å². The minimum Gasteiger partial charge on any atom is -0.356 e. The van der Waals surface area contributed by atoms with Gasteiger partial charge in [-0.25, -0.2) is 0 Å². The van der Waals surface area contributed by atoms with Gasteiger partial charge in [0.25, 0.3) is 0 Å². The number of hydrogen-bond donors (Lipinski definition) is 1. The van der Waals surface area contributed by atoms with Crippen LogP contribution in [0.2, 0.25) is 0 Å². The van der Waals surface area contributed by atoms with Crippen LogP contribution in [0.3, 0.4) is 0 Å². The Kier molecular flexibility index (Phi) is 6.90. The van der Waals surface area contributed by atoms with Crippen molar-refractivity contribution < 1.29 is 4.79 Å². The largest absolute Gasteiger partial charge is 0.356 e. The number of alkyl halides is 1. The van der Waals surface area contributed by atoms with Crippen molar-refractivity contribution in [2.45, 2.75) is 25.7 Å². The van der Waals surface area contributed by atoms with Gasteiger partial charge in [0, 0.05) is 18.3 Å². The van der Waals surface area contributed by atoms with Gasteiger partial charge in [0.2, 0.25) is 5.91 Å². The van der Waals surface area contributed by atoms with E-state index in [1.165, 1.54) is 5.56 Å². The Hall–Kier alpha value is -0.830. The maximum Gasteiger partial charge on any atom is 0.220 e. The molecule has 0 radical (unpaired) electrons. The fourth-order valence-electron chi connectivity index (χ4n) is 1.44. The highest BCUT2D eigenvalue weighted by molar-refractivity contribution is 9.09. The van der Waals surface area contributed by atoms with Crippen LogP contribution in [-0.4, -0.2) is 17.8 Å². The van der Waals surface area contributed by atoms with Crippen LogP contribution in [0, 0.1) is 0 Å². The molecule has 0 aliphatic carbocycles. The van der Waals surface area contributed by atoms with E-state index in [2.05, 4.69) is 33.4 Å². The number of aryl methyl sites for hydroxylation is 1. The average Bonchev–Trinajstić information content (AvgIpc) is 2.33. The standard InChI is InChI=1S/C13H18BrNO/c14-10-4-5-11-15-13(16)9-8-12-6-2-1-3-7-12/h1-3,6-7H,4-5,8-11H2,(H,15,16). The van der Waals surface area contributed by atoms with Crippen molar-refractivity contribution in [3.8, 4) is 0 Å². The molecule has 16 heavy (non-hydrogen) atoms. The molecule has 0 saturated carbocycles. The van der Waals surface area contributed by atoms with Gasteiger partial charge >= 0.3 is 0 Å². The minimum absolute atomic E-state index is 0.151. The molecule has 2 nitrogen and oxygen atoms in total. The zero-order valence-electron chi connectivity index (χ0n) is 9.42. The Morgan fingerprint density at radius 1 is 1.19 bits per heavy atom. The van der Waals surface area contributed by atoms with Gasteiger partial charge in [0.05, 0.1) is 0 Å². The number of benzene rings is 1. The second kappa shape index (κ2) is 8.34. The molecule has 1 N–H and O–H groups in total. The smallest absolute Gasteiger partial charge is 0.220 e. The molecule has 1 rings (SSSR count). The molecule has 0 aromatic heterocycles. The molecular formula is C13H18BrNO. The maximum absolute atomic E-state index is 11.5. The predicted octanol–water partition coefficient (Wildman–Crippen LogP) is 2.91. The summed E-state index contributed by atoms with van der Waals surface area (Å²) >= 11 is 3.37. The van der Waals surface area contributed by atoms with E-state index < -0.39 is 0 Å². The number of hydrogen-bond acceptors (Lipinski definition) is 1. The highest BCUT2D eigenvalue weighted by Gasteiger charge is 2.00. The molecule has 0 atom stereocenters. The molecule has 1 amide bonds. The highest BCUT2D eigenvalue weighted by atomic mass is 79.9. The van der Waals surface area contributed by atoms with Gasteiger partial charge in [0.15, 0.2) is 0 Å². The van der Waals surface area contributed by atoms with Gasteiger partial charge < -0.3 is 5.32 Å². The lowest BCUT2D eigenvalue weighted by Gasteiger charge is -2.04. The van der Waals surface area contributed by atoms with Crippen LogP contribution in [-0.2, 0) is 11.2 Å². The first-order valence-corrected chi connectivity index (χ1v) is 6.81. The van der Waals surface area contributed by atoms with Crippen LogP contribution >= 0.6 is 15.9 Å². The number of unbranched alkanes of at least 4 members (excludes halogenated alkanes) is 1. The van der Waals surface area contributed by atoms with Gasteiger partial charge in [-0.05, 0) is 24.8 Å². The van der Waals surface area contributed by atoms with E-state index in [0.717, 1.165) is 31.1 Å². The highest BCUT2D eigenvalue weighted by Crippen LogP contribution is 2.02. The Balaban J connectivity index is 2.11. The van der Waals surface area contributed by atoms with Crippen molar-refractivity contribution >= 4 is 21.8 Å². The van der Waals surface area contributed by atoms with Crippen LogP contribution in [0.5, 0.6) is 0 Å². The van der Waals surface area contributed by atoms with E-state index in [-0.39, 0.29) is 5.91 Å². The van der Waals surface area contributed by atoms with Crippen molar-refractivity contribution in [1.29, 1.82) is 0 Å². The monoisotopic (exact) mass is 283 g/mol. The van der Waals surface area contributed by atoms with Crippen LogP contribution in [0.4, 0.5) is 0 Å². The molecule has 88 valence electrons. The van der Waals surface area contributed by atoms with Crippen molar-refractivity contribution in [3.63, 3.8) is 0 Å². The Morgan fingerprint density at radius 3 is 2.62 bits per heavy atom. The molecule has 3 heteroatoms. The van der Waals surface area contributed by atoms with Crippen LogP contribution in [0.1, 0.15) is 24.8 Å². The van der Waals surface area contributed by atoms with Gasteiger partial charge in [-0.15, -0.1) is 0 Å². The Bertz CT molecular complexity index is 300. The Labute approximate surface area is 106 Å². The molecule has 0 saturated heterocycles. The molecule has 0 bridgehead atoms. The number of carbonyl (C=O) groups is 1. The summed E-state index contributed by atoms with van der Waals surface area (Å²) in [5.41, 5.74) is 1.22. The van der Waals surface area contributed by atoms with E-state index in [1.807, 2.05) is 18.2 Å². The predicted molar refractivity (Wildman–Crippen MR) is 70.8 cm³/mol. The summed E-state index contributed by atoms with van der Waals surface area (Å²) in [6.45, 7) is 0.791. The van der Waals surface area contributed by atoms with E-state index in [1.54, 1.807) is 0 Å². The van der Waals surface area contributed by atoms with Crippen LogP contribution in [0.25, 0.3) is 0 Å². The van der Waals surface area contributed by atoms with E-state index in [9.17, 15) is 4.79 Å². The molecule has 0 spiro atoms. The fourth-order valence-corrected chi connectivity index (χ4v) is 1.83. The lowest BCUT2D eigenvalue weighted by atomic mass is 10.1. The lowest BCUT2D eigenvalue weighted by Crippen LogP contribution is -2.24. The third kappa shape index (κ3) is 5.91. The van der Waals surface area contributed by atoms with Crippen molar-refractivity contribution in [2.75, 3.05) is 11.9 Å². The third-order valence-corrected chi connectivity index (χ3v) is 2.93. The van der Waals surface area contributed by atoms with Gasteiger partial charge in [-0.2, -0.15) is 0 Å². The van der Waals surface area contributed by atoms with E-state index in [4.69, 9.17) is 0 Å². The first-order valence-electron chi connectivity index (χ1n) is 5.69. The number of rotatable bonds is 7. The molecule has 0 fully saturated rings. The van der Waals surface area contributed by atoms with Gasteiger partial charge in [-0.3, -0.25) is 4.79 Å². The summed E-state index contributed by atoms with van der Waals surface area (Å²) in [4.78, 5) is 11.5. The summed E-state index contributed by atoms with van der Waals surface area (Å²) in [6.07, 6.45) is 3.56. The van der Waals surface area contributed by atoms with E-state index >= 15 is 0 Å². The molecule has 1 aromatic rings. The zero-order valence-corrected chi connectivity index (χ0v) is 11.0. The first-order chi connectivity index (χ1) is 7.83. The summed E-state index contributed by atoms with van der Waals surface area (Å²) in [5.74, 6) is 0.151. The van der Waals surface area contributed by atoms with Crippen LogP contribution < -0.4 is 5.32 Å². The molecule has 0 aliphatic rings. The average molecular weight is 284 g/mol. The Morgan fingerprint density at radius 2 is 1.94 bits per heavy atom. The second-order valence-electron chi connectivity index (χ2n) is 3.73. The molecular weight excluding hydrogens is 266 g/mol. The third-order valence-electron chi connectivity index (χ3n) is 2.37. The maximum atomic E-state index is 11.5.